The van der Waals surface area contributed by atoms with Crippen LogP contribution in [0.2, 0.25) is 0 Å². The molecule has 2 aliphatic heterocycles. The maximum absolute atomic E-state index is 10.6. The van der Waals surface area contributed by atoms with Crippen LogP contribution in [-0.4, -0.2) is 34.7 Å². The molecule has 0 aromatic carbocycles. The van der Waals surface area contributed by atoms with Crippen LogP contribution in [0.1, 0.15) is 32.1 Å². The van der Waals surface area contributed by atoms with E-state index in [9.17, 15) is 4.79 Å². The molecule has 84 valence electrons. The molecule has 4 heteroatoms. The minimum atomic E-state index is -0.903. The second-order valence-corrected chi connectivity index (χ2v) is 4.39. The van der Waals surface area contributed by atoms with Gasteiger partial charge in [0, 0.05) is 18.6 Å². The van der Waals surface area contributed by atoms with Gasteiger partial charge in [0.05, 0.1) is 0 Å². The number of nitrogens with one attached hydrogen (secondary N) is 1. The Bertz CT molecular complexity index is 265. The Labute approximate surface area is 90.0 Å². The standard InChI is InChI=1S/C11H18N2O2/c14-11(15)12-9-4-3-6-10-5-1-2-7-13(10)8-9/h2,7,9-10,12H,1,3-6,8H2,(H,14,15). The molecule has 4 nitrogen and oxygen atoms in total. The highest BCUT2D eigenvalue weighted by atomic mass is 16.4. The van der Waals surface area contributed by atoms with Crippen LogP contribution in [0, 0.1) is 0 Å². The Hall–Kier alpha value is -1.19. The topological polar surface area (TPSA) is 52.6 Å². The first kappa shape index (κ1) is 10.3. The van der Waals surface area contributed by atoms with Crippen molar-refractivity contribution in [1.82, 2.24) is 10.2 Å². The Kier molecular flexibility index (Phi) is 3.14. The van der Waals surface area contributed by atoms with Crippen molar-refractivity contribution in [2.75, 3.05) is 6.54 Å². The van der Waals surface area contributed by atoms with Gasteiger partial charge in [-0.1, -0.05) is 6.08 Å². The first-order valence-corrected chi connectivity index (χ1v) is 5.67. The van der Waals surface area contributed by atoms with Crippen molar-refractivity contribution in [3.05, 3.63) is 12.3 Å². The van der Waals surface area contributed by atoms with Crippen LogP contribution >= 0.6 is 0 Å². The Balaban J connectivity index is 1.97. The molecule has 2 rings (SSSR count). The molecule has 15 heavy (non-hydrogen) atoms. The van der Waals surface area contributed by atoms with Crippen LogP contribution in [0.4, 0.5) is 4.79 Å². The van der Waals surface area contributed by atoms with E-state index in [2.05, 4.69) is 22.5 Å². The summed E-state index contributed by atoms with van der Waals surface area (Å²) in [6.07, 6.45) is 9.08. The first-order chi connectivity index (χ1) is 7.25. The normalized spacial score (nSPS) is 30.5. The lowest BCUT2D eigenvalue weighted by Crippen LogP contribution is -2.43. The summed E-state index contributed by atoms with van der Waals surface area (Å²) in [5, 5.41) is 11.3. The lowest BCUT2D eigenvalue weighted by Gasteiger charge is -2.33. The number of allylic oxidation sites excluding steroid dienone is 1. The molecule has 0 spiro atoms. The van der Waals surface area contributed by atoms with Crippen molar-refractivity contribution in [1.29, 1.82) is 0 Å². The van der Waals surface area contributed by atoms with E-state index in [1.807, 2.05) is 0 Å². The summed E-state index contributed by atoms with van der Waals surface area (Å²) in [6.45, 7) is 0.827. The van der Waals surface area contributed by atoms with Crippen molar-refractivity contribution in [2.24, 2.45) is 0 Å². The van der Waals surface area contributed by atoms with Crippen molar-refractivity contribution in [3.63, 3.8) is 0 Å². The molecule has 0 aliphatic carbocycles. The molecule has 2 atom stereocenters. The fourth-order valence-corrected chi connectivity index (χ4v) is 2.54. The fourth-order valence-electron chi connectivity index (χ4n) is 2.54. The maximum Gasteiger partial charge on any atom is 0.404 e. The van der Waals surface area contributed by atoms with Crippen molar-refractivity contribution in [3.8, 4) is 0 Å². The van der Waals surface area contributed by atoms with Crippen LogP contribution in [-0.2, 0) is 0 Å². The summed E-state index contributed by atoms with van der Waals surface area (Å²) in [5.41, 5.74) is 0. The average molecular weight is 210 g/mol. The van der Waals surface area contributed by atoms with Crippen LogP contribution < -0.4 is 5.32 Å². The van der Waals surface area contributed by atoms with Gasteiger partial charge in [0.15, 0.2) is 0 Å². The van der Waals surface area contributed by atoms with E-state index in [4.69, 9.17) is 5.11 Å². The highest BCUT2D eigenvalue weighted by Crippen LogP contribution is 2.24. The molecule has 0 bridgehead atoms. The smallest absolute Gasteiger partial charge is 0.404 e. The molecule has 2 N–H and O–H groups in total. The summed E-state index contributed by atoms with van der Waals surface area (Å²) < 4.78 is 0. The largest absolute Gasteiger partial charge is 0.465 e. The lowest BCUT2D eigenvalue weighted by atomic mass is 10.0. The SMILES string of the molecule is O=C(O)NC1CCCC2CCC=CN2C1. The van der Waals surface area contributed by atoms with Crippen molar-refractivity contribution >= 4 is 6.09 Å². The molecule has 0 aromatic heterocycles. The van der Waals surface area contributed by atoms with Crippen LogP contribution in [0.3, 0.4) is 0 Å². The second kappa shape index (κ2) is 4.55. The van der Waals surface area contributed by atoms with Crippen LogP contribution in [0.25, 0.3) is 0 Å². The number of carboxylic acid groups (broad SMARTS) is 1. The molecular formula is C11H18N2O2. The molecule has 1 fully saturated rings. The maximum atomic E-state index is 10.6. The molecule has 2 heterocycles. The molecule has 0 aromatic rings. The summed E-state index contributed by atoms with van der Waals surface area (Å²) >= 11 is 0. The highest BCUT2D eigenvalue weighted by Gasteiger charge is 2.25. The number of nitrogens with zero attached hydrogens (tertiary/aromatic N) is 1. The van der Waals surface area contributed by atoms with Crippen LogP contribution in [0.15, 0.2) is 12.3 Å². The molecule has 0 radical (unpaired) electrons. The molecular weight excluding hydrogens is 192 g/mol. The summed E-state index contributed by atoms with van der Waals surface area (Å²) in [6, 6.07) is 0.728. The quantitative estimate of drug-likeness (QED) is 0.693. The first-order valence-electron chi connectivity index (χ1n) is 5.67. The van der Waals surface area contributed by atoms with Gasteiger partial charge in [-0.3, -0.25) is 0 Å². The zero-order valence-corrected chi connectivity index (χ0v) is 8.85. The predicted molar refractivity (Wildman–Crippen MR) is 57.7 cm³/mol. The molecule has 1 saturated heterocycles. The molecule has 1 amide bonds. The lowest BCUT2D eigenvalue weighted by molar-refractivity contribution is 0.183. The monoisotopic (exact) mass is 210 g/mol. The number of fused-ring (bicyclic) bond motifs is 1. The van der Waals surface area contributed by atoms with Gasteiger partial charge >= 0.3 is 6.09 Å². The molecule has 2 unspecified atom stereocenters. The zero-order valence-electron chi connectivity index (χ0n) is 8.85. The second-order valence-electron chi connectivity index (χ2n) is 4.39. The summed E-state index contributed by atoms with van der Waals surface area (Å²) in [7, 11) is 0. The van der Waals surface area contributed by atoms with E-state index < -0.39 is 6.09 Å². The Morgan fingerprint density at radius 1 is 1.40 bits per heavy atom. The summed E-state index contributed by atoms with van der Waals surface area (Å²) in [4.78, 5) is 12.9. The van der Waals surface area contributed by atoms with Gasteiger partial charge in [-0.15, -0.1) is 0 Å². The van der Waals surface area contributed by atoms with E-state index in [1.54, 1.807) is 0 Å². The minimum absolute atomic E-state index is 0.0928. The number of hydrogen-bond donors (Lipinski definition) is 2. The van der Waals surface area contributed by atoms with Gasteiger partial charge in [-0.2, -0.15) is 0 Å². The number of rotatable bonds is 1. The van der Waals surface area contributed by atoms with E-state index in [0.29, 0.717) is 6.04 Å². The number of amides is 1. The van der Waals surface area contributed by atoms with Crippen molar-refractivity contribution in [2.45, 2.75) is 44.2 Å². The Morgan fingerprint density at radius 2 is 2.27 bits per heavy atom. The molecule has 0 saturated carbocycles. The van der Waals surface area contributed by atoms with E-state index >= 15 is 0 Å². The number of carbonyl (C=O) groups is 1. The van der Waals surface area contributed by atoms with Gasteiger partial charge < -0.3 is 15.3 Å². The fraction of sp³-hybridized carbons (Fsp3) is 0.727. The predicted octanol–water partition coefficient (Wildman–Crippen LogP) is 1.78. The number of hydrogen-bond acceptors (Lipinski definition) is 2. The zero-order chi connectivity index (χ0) is 10.7. The molecule has 2 aliphatic rings. The van der Waals surface area contributed by atoms with Crippen LogP contribution in [0.5, 0.6) is 0 Å². The highest BCUT2D eigenvalue weighted by molar-refractivity contribution is 5.64. The van der Waals surface area contributed by atoms with E-state index in [0.717, 1.165) is 25.8 Å². The van der Waals surface area contributed by atoms with Gasteiger partial charge in [0.25, 0.3) is 0 Å². The Morgan fingerprint density at radius 3 is 3.07 bits per heavy atom. The minimum Gasteiger partial charge on any atom is -0.465 e. The van der Waals surface area contributed by atoms with Gasteiger partial charge in [0.2, 0.25) is 0 Å². The average Bonchev–Trinajstić information content (AvgIpc) is 2.38. The van der Waals surface area contributed by atoms with E-state index in [1.165, 1.54) is 12.8 Å². The third kappa shape index (κ3) is 2.64. The van der Waals surface area contributed by atoms with Gasteiger partial charge in [-0.25, -0.2) is 4.79 Å². The van der Waals surface area contributed by atoms with Crippen molar-refractivity contribution < 1.29 is 9.90 Å². The summed E-state index contributed by atoms with van der Waals surface area (Å²) in [5.74, 6) is 0. The van der Waals surface area contributed by atoms with Gasteiger partial charge in [0.1, 0.15) is 0 Å². The third-order valence-electron chi connectivity index (χ3n) is 3.28. The van der Waals surface area contributed by atoms with E-state index in [-0.39, 0.29) is 6.04 Å². The van der Waals surface area contributed by atoms with Gasteiger partial charge in [-0.05, 0) is 38.3 Å². The third-order valence-corrected chi connectivity index (χ3v) is 3.28.